The van der Waals surface area contributed by atoms with Gasteiger partial charge in [0.25, 0.3) is 0 Å². The number of nitrogens with zero attached hydrogens (tertiary/aromatic N) is 2. The van der Waals surface area contributed by atoms with Crippen molar-refractivity contribution in [2.24, 2.45) is 0 Å². The second-order valence-electron chi connectivity index (χ2n) is 4.85. The van der Waals surface area contributed by atoms with Gasteiger partial charge in [-0.3, -0.25) is 0 Å². The standard InChI is InChI=1S/C15H19ClN2O/c1-2-3-8-15(19,11-18-10-9-17-12-18)13-6-4-5-7-14(13)16/h4-7,9-10,12,19H,2-3,8,11H2,1H3. The molecule has 0 radical (unpaired) electrons. The van der Waals surface area contributed by atoms with E-state index in [1.807, 2.05) is 35.0 Å². The molecular formula is C15H19ClN2O. The number of benzene rings is 1. The molecule has 4 heteroatoms. The lowest BCUT2D eigenvalue weighted by atomic mass is 9.88. The smallest absolute Gasteiger partial charge is 0.109 e. The number of unbranched alkanes of at least 4 members (excludes halogenated alkanes) is 1. The van der Waals surface area contributed by atoms with Gasteiger partial charge in [0.1, 0.15) is 5.60 Å². The molecule has 1 atom stereocenters. The summed E-state index contributed by atoms with van der Waals surface area (Å²) in [6, 6.07) is 7.51. The molecular weight excluding hydrogens is 260 g/mol. The highest BCUT2D eigenvalue weighted by atomic mass is 35.5. The summed E-state index contributed by atoms with van der Waals surface area (Å²) in [5, 5.41) is 11.6. The van der Waals surface area contributed by atoms with E-state index in [2.05, 4.69) is 11.9 Å². The number of halogens is 1. The topological polar surface area (TPSA) is 38.0 Å². The molecule has 0 aliphatic heterocycles. The predicted molar refractivity (Wildman–Crippen MR) is 77.1 cm³/mol. The largest absolute Gasteiger partial charge is 0.383 e. The van der Waals surface area contributed by atoms with Gasteiger partial charge < -0.3 is 9.67 Å². The average molecular weight is 279 g/mol. The Morgan fingerprint density at radius 2 is 2.16 bits per heavy atom. The first kappa shape index (κ1) is 14.1. The highest BCUT2D eigenvalue weighted by Gasteiger charge is 2.31. The highest BCUT2D eigenvalue weighted by Crippen LogP contribution is 2.33. The van der Waals surface area contributed by atoms with Gasteiger partial charge in [-0.25, -0.2) is 4.98 Å². The minimum absolute atomic E-state index is 0.469. The Morgan fingerprint density at radius 3 is 2.79 bits per heavy atom. The van der Waals surface area contributed by atoms with Crippen molar-refractivity contribution in [3.63, 3.8) is 0 Å². The zero-order chi connectivity index (χ0) is 13.7. The molecule has 1 aromatic heterocycles. The Bertz CT molecular complexity index is 513. The zero-order valence-corrected chi connectivity index (χ0v) is 11.8. The third kappa shape index (κ3) is 3.37. The van der Waals surface area contributed by atoms with Crippen LogP contribution in [0.4, 0.5) is 0 Å². The summed E-state index contributed by atoms with van der Waals surface area (Å²) >= 11 is 6.24. The Morgan fingerprint density at radius 1 is 1.37 bits per heavy atom. The fraction of sp³-hybridized carbons (Fsp3) is 0.400. The minimum Gasteiger partial charge on any atom is -0.383 e. The zero-order valence-electron chi connectivity index (χ0n) is 11.1. The maximum absolute atomic E-state index is 11.0. The first-order chi connectivity index (χ1) is 9.15. The van der Waals surface area contributed by atoms with Gasteiger partial charge in [0.15, 0.2) is 0 Å². The van der Waals surface area contributed by atoms with Gasteiger partial charge in [-0.1, -0.05) is 49.6 Å². The first-order valence-corrected chi connectivity index (χ1v) is 6.96. The van der Waals surface area contributed by atoms with Gasteiger partial charge in [0.2, 0.25) is 0 Å². The maximum Gasteiger partial charge on any atom is 0.109 e. The van der Waals surface area contributed by atoms with E-state index in [1.54, 1.807) is 12.5 Å². The third-order valence-electron chi connectivity index (χ3n) is 3.32. The molecule has 1 N–H and O–H groups in total. The van der Waals surface area contributed by atoms with Crippen LogP contribution in [0.15, 0.2) is 43.0 Å². The second-order valence-corrected chi connectivity index (χ2v) is 5.26. The average Bonchev–Trinajstić information content (AvgIpc) is 2.89. The number of aromatic nitrogens is 2. The van der Waals surface area contributed by atoms with Crippen molar-refractivity contribution in [3.8, 4) is 0 Å². The summed E-state index contributed by atoms with van der Waals surface area (Å²) in [4.78, 5) is 4.02. The molecule has 1 aromatic carbocycles. The van der Waals surface area contributed by atoms with Crippen molar-refractivity contribution in [2.45, 2.75) is 38.3 Å². The molecule has 0 aliphatic carbocycles. The molecule has 0 fully saturated rings. The Balaban J connectivity index is 2.31. The van der Waals surface area contributed by atoms with Crippen LogP contribution in [-0.2, 0) is 12.1 Å². The van der Waals surface area contributed by atoms with E-state index in [-0.39, 0.29) is 0 Å². The summed E-state index contributed by atoms with van der Waals surface area (Å²) in [6.45, 7) is 2.58. The van der Waals surface area contributed by atoms with Gasteiger partial charge in [0, 0.05) is 23.0 Å². The summed E-state index contributed by atoms with van der Waals surface area (Å²) in [7, 11) is 0. The molecule has 3 nitrogen and oxygen atoms in total. The lowest BCUT2D eigenvalue weighted by Crippen LogP contribution is -2.31. The number of hydrogen-bond acceptors (Lipinski definition) is 2. The van der Waals surface area contributed by atoms with E-state index in [0.29, 0.717) is 18.0 Å². The first-order valence-electron chi connectivity index (χ1n) is 6.59. The van der Waals surface area contributed by atoms with E-state index in [1.165, 1.54) is 0 Å². The van der Waals surface area contributed by atoms with Crippen molar-refractivity contribution in [1.82, 2.24) is 9.55 Å². The van der Waals surface area contributed by atoms with Crippen LogP contribution in [0.1, 0.15) is 31.7 Å². The van der Waals surface area contributed by atoms with Crippen molar-refractivity contribution in [2.75, 3.05) is 0 Å². The number of hydrogen-bond donors (Lipinski definition) is 1. The van der Waals surface area contributed by atoms with Crippen molar-refractivity contribution < 1.29 is 5.11 Å². The Kier molecular flexibility index (Phi) is 4.61. The lowest BCUT2D eigenvalue weighted by Gasteiger charge is -2.30. The van der Waals surface area contributed by atoms with Crippen LogP contribution in [0, 0.1) is 0 Å². The molecule has 2 aromatic rings. The molecule has 0 spiro atoms. The number of aliphatic hydroxyl groups is 1. The molecule has 1 unspecified atom stereocenters. The summed E-state index contributed by atoms with van der Waals surface area (Å²) in [6.07, 6.45) is 7.97. The van der Waals surface area contributed by atoms with Crippen molar-refractivity contribution >= 4 is 11.6 Å². The molecule has 1 heterocycles. The van der Waals surface area contributed by atoms with Gasteiger partial charge in [-0.05, 0) is 12.5 Å². The van der Waals surface area contributed by atoms with Crippen LogP contribution in [0.5, 0.6) is 0 Å². The Hall–Kier alpha value is -1.32. The van der Waals surface area contributed by atoms with E-state index < -0.39 is 5.60 Å². The fourth-order valence-corrected chi connectivity index (χ4v) is 2.60. The predicted octanol–water partition coefficient (Wildman–Crippen LogP) is 3.61. The van der Waals surface area contributed by atoms with Crippen LogP contribution in [-0.4, -0.2) is 14.7 Å². The van der Waals surface area contributed by atoms with Crippen LogP contribution in [0.2, 0.25) is 5.02 Å². The molecule has 102 valence electrons. The molecule has 0 amide bonds. The molecule has 0 saturated heterocycles. The third-order valence-corrected chi connectivity index (χ3v) is 3.65. The van der Waals surface area contributed by atoms with Crippen molar-refractivity contribution in [1.29, 1.82) is 0 Å². The monoisotopic (exact) mass is 278 g/mol. The lowest BCUT2D eigenvalue weighted by molar-refractivity contribution is 0.00759. The molecule has 0 bridgehead atoms. The summed E-state index contributed by atoms with van der Waals surface area (Å²) in [5.74, 6) is 0. The van der Waals surface area contributed by atoms with Gasteiger partial charge in [-0.15, -0.1) is 0 Å². The molecule has 0 aliphatic rings. The van der Waals surface area contributed by atoms with E-state index in [0.717, 1.165) is 18.4 Å². The summed E-state index contributed by atoms with van der Waals surface area (Å²) < 4.78 is 1.89. The van der Waals surface area contributed by atoms with E-state index in [9.17, 15) is 5.11 Å². The van der Waals surface area contributed by atoms with Crippen LogP contribution < -0.4 is 0 Å². The molecule has 19 heavy (non-hydrogen) atoms. The van der Waals surface area contributed by atoms with Gasteiger partial charge >= 0.3 is 0 Å². The SMILES string of the molecule is CCCCC(O)(Cn1ccnc1)c1ccccc1Cl. The quantitative estimate of drug-likeness (QED) is 0.876. The van der Waals surface area contributed by atoms with Gasteiger partial charge in [0.05, 0.1) is 12.9 Å². The van der Waals surface area contributed by atoms with E-state index in [4.69, 9.17) is 11.6 Å². The second kappa shape index (κ2) is 6.22. The fourth-order valence-electron chi connectivity index (χ4n) is 2.29. The molecule has 0 saturated carbocycles. The van der Waals surface area contributed by atoms with Gasteiger partial charge in [-0.2, -0.15) is 0 Å². The van der Waals surface area contributed by atoms with Crippen LogP contribution in [0.3, 0.4) is 0 Å². The van der Waals surface area contributed by atoms with Crippen LogP contribution in [0.25, 0.3) is 0 Å². The minimum atomic E-state index is -0.949. The Labute approximate surface area is 118 Å². The molecule has 2 rings (SSSR count). The van der Waals surface area contributed by atoms with E-state index >= 15 is 0 Å². The van der Waals surface area contributed by atoms with Crippen LogP contribution >= 0.6 is 11.6 Å². The van der Waals surface area contributed by atoms with Crippen molar-refractivity contribution in [3.05, 3.63) is 53.6 Å². The normalized spacial score (nSPS) is 14.3. The maximum atomic E-state index is 11.0. The highest BCUT2D eigenvalue weighted by molar-refractivity contribution is 6.31. The summed E-state index contributed by atoms with van der Waals surface area (Å²) in [5.41, 5.74) is -0.159. The number of imidazole rings is 1. The number of rotatable bonds is 6.